The van der Waals surface area contributed by atoms with E-state index in [4.69, 9.17) is 29.8 Å². The van der Waals surface area contributed by atoms with Crippen LogP contribution in [0.5, 0.6) is 11.5 Å². The Balaban J connectivity index is 1.53. The number of likely N-dealkylation sites (tertiary alicyclic amines) is 1. The molecule has 2 aliphatic rings. The quantitative estimate of drug-likeness (QED) is 0.357. The lowest BCUT2D eigenvalue weighted by molar-refractivity contribution is -0.148. The Kier molecular flexibility index (Phi) is 11.0. The largest absolute Gasteiger partial charge is 0.464 e. The average Bonchev–Trinajstić information content (AvgIpc) is 3.03. The number of nitrogens with zero attached hydrogens (tertiary/aromatic N) is 3. The number of hydrogen-bond donors (Lipinski definition) is 1. The first-order valence-corrected chi connectivity index (χ1v) is 14.7. The molecule has 228 valence electrons. The lowest BCUT2D eigenvalue weighted by atomic mass is 9.74. The van der Waals surface area contributed by atoms with Crippen molar-refractivity contribution < 1.29 is 28.5 Å². The van der Waals surface area contributed by atoms with Gasteiger partial charge in [-0.2, -0.15) is 5.10 Å². The van der Waals surface area contributed by atoms with Crippen LogP contribution in [0.15, 0.2) is 53.6 Å². The lowest BCUT2D eigenvalue weighted by Crippen LogP contribution is -2.55. The van der Waals surface area contributed by atoms with E-state index >= 15 is 0 Å². The highest BCUT2D eigenvalue weighted by atomic mass is 16.7. The molecule has 4 rings (SSSR count). The topological polar surface area (TPSA) is 116 Å². The van der Waals surface area contributed by atoms with Crippen LogP contribution in [-0.4, -0.2) is 80.4 Å². The second-order valence-electron chi connectivity index (χ2n) is 11.0. The molecule has 0 radical (unpaired) electrons. The van der Waals surface area contributed by atoms with Gasteiger partial charge in [0.1, 0.15) is 0 Å². The van der Waals surface area contributed by atoms with Crippen molar-refractivity contribution in [2.45, 2.75) is 64.5 Å². The smallest absolute Gasteiger partial charge is 0.249 e. The molecule has 0 bridgehead atoms. The van der Waals surface area contributed by atoms with Gasteiger partial charge in [0.2, 0.25) is 11.8 Å². The Morgan fingerprint density at radius 3 is 2.26 bits per heavy atom. The number of hydrogen-bond acceptors (Lipinski definition) is 8. The predicted octanol–water partition coefficient (Wildman–Crippen LogP) is 3.96. The number of benzene rings is 2. The van der Waals surface area contributed by atoms with Crippen molar-refractivity contribution in [3.8, 4) is 11.5 Å². The van der Waals surface area contributed by atoms with E-state index in [1.54, 1.807) is 19.2 Å². The molecule has 1 atom stereocenters. The molecule has 2 aromatic rings. The number of nitrogens with two attached hydrogens (primary N) is 1. The normalized spacial score (nSPS) is 18.0. The van der Waals surface area contributed by atoms with Crippen molar-refractivity contribution in [3.63, 3.8) is 0 Å². The maximum absolute atomic E-state index is 13.9. The van der Waals surface area contributed by atoms with Gasteiger partial charge in [-0.3, -0.25) is 9.59 Å². The summed E-state index contributed by atoms with van der Waals surface area (Å²) in [6.07, 6.45) is 3.71. The zero-order chi connectivity index (χ0) is 30.1. The van der Waals surface area contributed by atoms with Crippen LogP contribution < -0.4 is 15.2 Å². The van der Waals surface area contributed by atoms with Crippen LogP contribution in [0.1, 0.15) is 57.1 Å². The van der Waals surface area contributed by atoms with Crippen LogP contribution in [0.2, 0.25) is 0 Å². The number of methoxy groups -OCH3 is 2. The van der Waals surface area contributed by atoms with Gasteiger partial charge in [0, 0.05) is 39.3 Å². The van der Waals surface area contributed by atoms with E-state index in [2.05, 4.69) is 13.8 Å². The van der Waals surface area contributed by atoms with Crippen molar-refractivity contribution in [1.82, 2.24) is 9.91 Å². The fourth-order valence-corrected chi connectivity index (χ4v) is 5.74. The minimum Gasteiger partial charge on any atom is -0.464 e. The van der Waals surface area contributed by atoms with E-state index in [1.807, 2.05) is 53.4 Å². The molecule has 2 amide bonds. The van der Waals surface area contributed by atoms with Crippen LogP contribution >= 0.6 is 0 Å². The summed E-state index contributed by atoms with van der Waals surface area (Å²) in [4.78, 5) is 28.9. The van der Waals surface area contributed by atoms with Gasteiger partial charge in [-0.25, -0.2) is 5.01 Å². The minimum atomic E-state index is -0.594. The maximum Gasteiger partial charge on any atom is 0.249 e. The van der Waals surface area contributed by atoms with Gasteiger partial charge in [-0.1, -0.05) is 44.2 Å². The van der Waals surface area contributed by atoms with Crippen molar-refractivity contribution in [1.29, 1.82) is 0 Å². The number of piperidine rings is 1. The first-order valence-electron chi connectivity index (χ1n) is 14.7. The van der Waals surface area contributed by atoms with Crippen LogP contribution in [0, 0.1) is 5.41 Å². The fourth-order valence-electron chi connectivity index (χ4n) is 5.74. The molecule has 0 aliphatic carbocycles. The predicted molar refractivity (Wildman–Crippen MR) is 160 cm³/mol. The minimum absolute atomic E-state index is 0.0534. The molecular weight excluding hydrogens is 536 g/mol. The third kappa shape index (κ3) is 7.11. The van der Waals surface area contributed by atoms with Gasteiger partial charge in [0.25, 0.3) is 0 Å². The Morgan fingerprint density at radius 2 is 1.64 bits per heavy atom. The van der Waals surface area contributed by atoms with Crippen LogP contribution in [0.4, 0.5) is 0 Å². The van der Waals surface area contributed by atoms with E-state index in [9.17, 15) is 9.59 Å². The number of ether oxygens (including phenoxy) is 4. The molecule has 2 aliphatic heterocycles. The molecule has 0 aromatic heterocycles. The van der Waals surface area contributed by atoms with E-state index in [0.29, 0.717) is 63.1 Å². The molecule has 10 heteroatoms. The Labute approximate surface area is 248 Å². The summed E-state index contributed by atoms with van der Waals surface area (Å²) in [6.45, 7) is 5.33. The molecule has 0 saturated carbocycles. The van der Waals surface area contributed by atoms with E-state index in [1.165, 1.54) is 0 Å². The third-order valence-corrected chi connectivity index (χ3v) is 8.43. The Bertz CT molecular complexity index is 1220. The molecular formula is C32H44N4O6. The van der Waals surface area contributed by atoms with Crippen LogP contribution in [-0.2, 0) is 25.5 Å². The summed E-state index contributed by atoms with van der Waals surface area (Å²) >= 11 is 0. The molecule has 0 unspecified atom stereocenters. The highest BCUT2D eigenvalue weighted by molar-refractivity contribution is 6.06. The summed E-state index contributed by atoms with van der Waals surface area (Å²) in [5.74, 6) is 1.04. The highest BCUT2D eigenvalue weighted by Crippen LogP contribution is 2.41. The van der Waals surface area contributed by atoms with Crippen LogP contribution in [0.25, 0.3) is 0 Å². The van der Waals surface area contributed by atoms with Gasteiger partial charge in [-0.15, -0.1) is 0 Å². The molecule has 42 heavy (non-hydrogen) atoms. The van der Waals surface area contributed by atoms with Crippen molar-refractivity contribution in [3.05, 3.63) is 59.7 Å². The first kappa shape index (κ1) is 31.5. The molecule has 10 nitrogen and oxygen atoms in total. The maximum atomic E-state index is 13.9. The monoisotopic (exact) mass is 580 g/mol. The van der Waals surface area contributed by atoms with Crippen molar-refractivity contribution >= 4 is 17.5 Å². The molecule has 1 fully saturated rings. The molecule has 0 spiro atoms. The number of amides is 2. The van der Waals surface area contributed by atoms with Crippen molar-refractivity contribution in [2.24, 2.45) is 16.3 Å². The molecule has 2 heterocycles. The van der Waals surface area contributed by atoms with Gasteiger partial charge < -0.3 is 29.6 Å². The second-order valence-corrected chi connectivity index (χ2v) is 11.0. The number of carbonyl (C=O) groups excluding carboxylic acids is 2. The molecule has 2 N–H and O–H groups in total. The lowest BCUT2D eigenvalue weighted by Gasteiger charge is -2.44. The molecule has 1 saturated heterocycles. The number of carbonyl (C=O) groups is 2. The van der Waals surface area contributed by atoms with E-state index in [-0.39, 0.29) is 31.4 Å². The SMILES string of the molecule is CCC1(CC)CC(c2ccc(OCOC)c(OCOC)c2)=NN(C2CCN(C(=O)[C@H](N)Cc3ccccc3)CC2)C1=O. The fraction of sp³-hybridized carbons (Fsp3) is 0.531. The first-order chi connectivity index (χ1) is 20.4. The summed E-state index contributed by atoms with van der Waals surface area (Å²) in [5, 5.41) is 6.64. The van der Waals surface area contributed by atoms with Crippen molar-refractivity contribution in [2.75, 3.05) is 40.9 Å². The molecule has 2 aromatic carbocycles. The zero-order valence-electron chi connectivity index (χ0n) is 25.2. The summed E-state index contributed by atoms with van der Waals surface area (Å²) < 4.78 is 21.6. The van der Waals surface area contributed by atoms with Gasteiger partial charge in [0.15, 0.2) is 25.1 Å². The van der Waals surface area contributed by atoms with Gasteiger partial charge in [0.05, 0.1) is 23.2 Å². The zero-order valence-corrected chi connectivity index (χ0v) is 25.2. The Morgan fingerprint density at radius 1 is 1.00 bits per heavy atom. The third-order valence-electron chi connectivity index (χ3n) is 8.43. The van der Waals surface area contributed by atoms with E-state index in [0.717, 1.165) is 16.8 Å². The number of rotatable bonds is 13. The summed E-state index contributed by atoms with van der Waals surface area (Å²) in [7, 11) is 3.11. The average molecular weight is 581 g/mol. The van der Waals surface area contributed by atoms with Crippen LogP contribution in [0.3, 0.4) is 0 Å². The van der Waals surface area contributed by atoms with Gasteiger partial charge in [-0.05, 0) is 55.9 Å². The van der Waals surface area contributed by atoms with E-state index < -0.39 is 11.5 Å². The summed E-state index contributed by atoms with van der Waals surface area (Å²) in [5.41, 5.74) is 8.47. The van der Waals surface area contributed by atoms with Gasteiger partial charge >= 0.3 is 0 Å². The second kappa shape index (κ2) is 14.6. The summed E-state index contributed by atoms with van der Waals surface area (Å²) in [6, 6.07) is 14.8. The Hall–Kier alpha value is -3.47. The number of hydrazone groups is 1. The highest BCUT2D eigenvalue weighted by Gasteiger charge is 2.46. The standard InChI is InChI=1S/C32H44N4O6/c1-5-32(6-2)20-27(24-12-13-28(41-21-39-3)29(19-24)42-22-40-4)34-36(31(32)38)25-14-16-35(17-15-25)30(37)26(33)18-23-10-8-7-9-11-23/h7-13,19,25-26H,5-6,14-18,20-22,33H2,1-4H3/t26-/m1/s1.